The molecule has 3 aromatic rings. The van der Waals surface area contributed by atoms with Crippen LogP contribution in [0, 0.1) is 0 Å². The van der Waals surface area contributed by atoms with Gasteiger partial charge >= 0.3 is 0 Å². The van der Waals surface area contributed by atoms with E-state index >= 15 is 0 Å². The van der Waals surface area contributed by atoms with Gasteiger partial charge in [0.15, 0.2) is 0 Å². The van der Waals surface area contributed by atoms with E-state index in [1.165, 1.54) is 25.7 Å². The molecule has 36 heavy (non-hydrogen) atoms. The molecule has 4 heteroatoms. The van der Waals surface area contributed by atoms with Gasteiger partial charge in [-0.2, -0.15) is 0 Å². The third-order valence-electron chi connectivity index (χ3n) is 6.22. The number of unbranched alkanes of at least 4 members (excludes halogenated alkanes) is 4. The zero-order valence-electron chi connectivity index (χ0n) is 21.8. The molecule has 4 nitrogen and oxygen atoms in total. The molecule has 0 saturated carbocycles. The van der Waals surface area contributed by atoms with Crippen LogP contribution < -0.4 is 0 Å². The molecule has 0 aliphatic rings. The lowest BCUT2D eigenvalue weighted by atomic mass is 9.80. The van der Waals surface area contributed by atoms with E-state index in [1.54, 1.807) is 0 Å². The van der Waals surface area contributed by atoms with Gasteiger partial charge in [0.05, 0.1) is 39.6 Å². The van der Waals surface area contributed by atoms with Crippen molar-refractivity contribution in [3.63, 3.8) is 0 Å². The van der Waals surface area contributed by atoms with Gasteiger partial charge < -0.3 is 18.9 Å². The minimum Gasteiger partial charge on any atom is -0.379 e. The van der Waals surface area contributed by atoms with E-state index in [0.29, 0.717) is 39.6 Å². The summed E-state index contributed by atoms with van der Waals surface area (Å²) in [4.78, 5) is 0. The Morgan fingerprint density at radius 3 is 1.28 bits per heavy atom. The van der Waals surface area contributed by atoms with E-state index in [2.05, 4.69) is 79.7 Å². The minimum atomic E-state index is -0.711. The number of rotatable bonds is 19. The molecular weight excluding hydrogens is 448 g/mol. The van der Waals surface area contributed by atoms with Crippen LogP contribution >= 0.6 is 0 Å². The fraction of sp³-hybridized carbons (Fsp3) is 0.438. The Balaban J connectivity index is 1.45. The van der Waals surface area contributed by atoms with Crippen LogP contribution in [0.15, 0.2) is 91.0 Å². The van der Waals surface area contributed by atoms with Crippen LogP contribution in [0.2, 0.25) is 0 Å². The largest absolute Gasteiger partial charge is 0.379 e. The van der Waals surface area contributed by atoms with E-state index < -0.39 is 5.60 Å². The van der Waals surface area contributed by atoms with Crippen LogP contribution in [0.3, 0.4) is 0 Å². The smallest absolute Gasteiger partial charge is 0.143 e. The Hall–Kier alpha value is -2.50. The Morgan fingerprint density at radius 2 is 0.833 bits per heavy atom. The van der Waals surface area contributed by atoms with Crippen molar-refractivity contribution in [2.24, 2.45) is 0 Å². The van der Waals surface area contributed by atoms with Crippen LogP contribution in [0.1, 0.15) is 55.7 Å². The maximum atomic E-state index is 6.71. The first kappa shape index (κ1) is 28.1. The van der Waals surface area contributed by atoms with Crippen LogP contribution in [-0.2, 0) is 24.5 Å². The molecule has 0 N–H and O–H groups in total. The Kier molecular flexibility index (Phi) is 13.3. The summed E-state index contributed by atoms with van der Waals surface area (Å²) in [6.45, 7) is 6.35. The first-order valence-electron chi connectivity index (χ1n) is 13.4. The summed E-state index contributed by atoms with van der Waals surface area (Å²) in [7, 11) is 0. The van der Waals surface area contributed by atoms with Crippen LogP contribution in [-0.4, -0.2) is 46.2 Å². The molecule has 0 aliphatic carbocycles. The lowest BCUT2D eigenvalue weighted by molar-refractivity contribution is -0.0369. The molecule has 0 bridgehead atoms. The highest BCUT2D eigenvalue weighted by Crippen LogP contribution is 2.40. The molecule has 0 spiro atoms. The van der Waals surface area contributed by atoms with Crippen LogP contribution in [0.4, 0.5) is 0 Å². The molecular formula is C32H42O4. The van der Waals surface area contributed by atoms with Crippen molar-refractivity contribution >= 4 is 0 Å². The SMILES string of the molecule is CCCCCCCOCCOCCOCCOC(c1ccccc1)(c1ccccc1)c1ccccc1. The average Bonchev–Trinajstić information content (AvgIpc) is 2.94. The summed E-state index contributed by atoms with van der Waals surface area (Å²) in [5.41, 5.74) is 2.57. The molecule has 3 aromatic carbocycles. The summed E-state index contributed by atoms with van der Waals surface area (Å²) in [6, 6.07) is 31.2. The number of hydrogen-bond acceptors (Lipinski definition) is 4. The molecule has 0 radical (unpaired) electrons. The van der Waals surface area contributed by atoms with Crippen LogP contribution in [0.5, 0.6) is 0 Å². The third kappa shape index (κ3) is 8.86. The predicted molar refractivity (Wildman–Crippen MR) is 146 cm³/mol. The molecule has 0 aliphatic heterocycles. The average molecular weight is 491 g/mol. The highest BCUT2D eigenvalue weighted by Gasteiger charge is 2.37. The molecule has 0 aromatic heterocycles. The summed E-state index contributed by atoms with van der Waals surface area (Å²) in [5, 5.41) is 0. The molecule has 0 amide bonds. The topological polar surface area (TPSA) is 36.9 Å². The van der Waals surface area contributed by atoms with Crippen molar-refractivity contribution in [1.82, 2.24) is 0 Å². The molecule has 0 fully saturated rings. The quantitative estimate of drug-likeness (QED) is 0.134. The molecule has 0 atom stereocenters. The molecule has 3 rings (SSSR count). The first-order chi connectivity index (χ1) is 17.9. The second-order valence-electron chi connectivity index (χ2n) is 8.88. The van der Waals surface area contributed by atoms with Gasteiger partial charge in [-0.05, 0) is 23.1 Å². The first-order valence-corrected chi connectivity index (χ1v) is 13.4. The zero-order chi connectivity index (χ0) is 25.2. The van der Waals surface area contributed by atoms with E-state index in [4.69, 9.17) is 18.9 Å². The number of ether oxygens (including phenoxy) is 4. The van der Waals surface area contributed by atoms with Gasteiger partial charge in [-0.25, -0.2) is 0 Å². The third-order valence-corrected chi connectivity index (χ3v) is 6.22. The summed E-state index contributed by atoms with van der Waals surface area (Å²) < 4.78 is 23.8. The second-order valence-corrected chi connectivity index (χ2v) is 8.88. The lowest BCUT2D eigenvalue weighted by Crippen LogP contribution is -2.34. The monoisotopic (exact) mass is 490 g/mol. The molecule has 0 saturated heterocycles. The maximum absolute atomic E-state index is 6.71. The molecule has 0 heterocycles. The van der Waals surface area contributed by atoms with Gasteiger partial charge in [-0.3, -0.25) is 0 Å². The van der Waals surface area contributed by atoms with E-state index in [1.807, 2.05) is 18.2 Å². The van der Waals surface area contributed by atoms with E-state index in [0.717, 1.165) is 29.7 Å². The maximum Gasteiger partial charge on any atom is 0.143 e. The van der Waals surface area contributed by atoms with Crippen molar-refractivity contribution in [1.29, 1.82) is 0 Å². The summed E-state index contributed by atoms with van der Waals surface area (Å²) >= 11 is 0. The van der Waals surface area contributed by atoms with Crippen molar-refractivity contribution in [2.45, 2.75) is 44.6 Å². The van der Waals surface area contributed by atoms with Crippen molar-refractivity contribution in [3.05, 3.63) is 108 Å². The van der Waals surface area contributed by atoms with Crippen molar-refractivity contribution in [2.75, 3.05) is 46.2 Å². The summed E-state index contributed by atoms with van der Waals surface area (Å²) in [5.74, 6) is 0. The highest BCUT2D eigenvalue weighted by atomic mass is 16.6. The lowest BCUT2D eigenvalue weighted by Gasteiger charge is -2.36. The molecule has 194 valence electrons. The highest BCUT2D eigenvalue weighted by molar-refractivity contribution is 5.47. The van der Waals surface area contributed by atoms with Crippen LogP contribution in [0.25, 0.3) is 0 Å². The van der Waals surface area contributed by atoms with Crippen molar-refractivity contribution < 1.29 is 18.9 Å². The minimum absolute atomic E-state index is 0.458. The Morgan fingerprint density at radius 1 is 0.444 bits per heavy atom. The second kappa shape index (κ2) is 17.0. The van der Waals surface area contributed by atoms with Gasteiger partial charge in [0.1, 0.15) is 5.60 Å². The molecule has 0 unspecified atom stereocenters. The predicted octanol–water partition coefficient (Wildman–Crippen LogP) is 7.02. The van der Waals surface area contributed by atoms with Crippen molar-refractivity contribution in [3.8, 4) is 0 Å². The van der Waals surface area contributed by atoms with E-state index in [9.17, 15) is 0 Å². The van der Waals surface area contributed by atoms with Gasteiger partial charge in [0.25, 0.3) is 0 Å². The normalized spacial score (nSPS) is 11.6. The number of hydrogen-bond donors (Lipinski definition) is 0. The Bertz CT molecular complexity index is 818. The zero-order valence-corrected chi connectivity index (χ0v) is 21.8. The van der Waals surface area contributed by atoms with Gasteiger partial charge in [-0.1, -0.05) is 124 Å². The van der Waals surface area contributed by atoms with Gasteiger partial charge in [0.2, 0.25) is 0 Å². The van der Waals surface area contributed by atoms with Gasteiger partial charge in [-0.15, -0.1) is 0 Å². The number of benzene rings is 3. The Labute approximate surface area is 217 Å². The standard InChI is InChI=1S/C32H42O4/c1-2-3-4-5-15-22-33-23-24-34-25-26-35-27-28-36-32(29-16-9-6-10-17-29,30-18-11-7-12-19-30)31-20-13-8-14-21-31/h6-14,16-21H,2-5,15,22-28H2,1H3. The fourth-order valence-corrected chi connectivity index (χ4v) is 4.37. The summed E-state index contributed by atoms with van der Waals surface area (Å²) in [6.07, 6.45) is 6.29. The van der Waals surface area contributed by atoms with E-state index in [-0.39, 0.29) is 0 Å². The van der Waals surface area contributed by atoms with Gasteiger partial charge in [0, 0.05) is 6.61 Å². The fourth-order valence-electron chi connectivity index (χ4n) is 4.37.